The number of fused-ring (bicyclic) bond motifs is 1. The van der Waals surface area contributed by atoms with Crippen LogP contribution in [0.4, 0.5) is 19.0 Å². The number of halogens is 3. The second kappa shape index (κ2) is 11.1. The number of benzene rings is 2. The van der Waals surface area contributed by atoms with Gasteiger partial charge in [-0.1, -0.05) is 30.3 Å². The molecule has 2 N–H and O–H groups in total. The van der Waals surface area contributed by atoms with Crippen LogP contribution in [0.2, 0.25) is 0 Å². The third kappa shape index (κ3) is 6.17. The Balaban J connectivity index is 1.24. The topological polar surface area (TPSA) is 79.7 Å². The third-order valence-electron chi connectivity index (χ3n) is 6.39. The van der Waals surface area contributed by atoms with Crippen LogP contribution < -0.4 is 19.7 Å². The fourth-order valence-corrected chi connectivity index (χ4v) is 5.47. The number of aromatic nitrogens is 2. The Kier molecular flexibility index (Phi) is 7.68. The lowest BCUT2D eigenvalue weighted by molar-refractivity contribution is -0.274. The molecule has 11 heteroatoms. The lowest BCUT2D eigenvalue weighted by Crippen LogP contribution is -2.52. The van der Waals surface area contributed by atoms with Crippen LogP contribution in [0.15, 0.2) is 66.3 Å². The number of anilines is 1. The monoisotopic (exact) mass is 544 g/mol. The maximum atomic E-state index is 12.4. The maximum absolute atomic E-state index is 12.4. The highest BCUT2D eigenvalue weighted by Crippen LogP contribution is 2.38. The summed E-state index contributed by atoms with van der Waals surface area (Å²) in [6, 6.07) is 15.4. The van der Waals surface area contributed by atoms with Crippen molar-refractivity contribution in [3.05, 3.63) is 66.3 Å². The first kappa shape index (κ1) is 26.2. The smallest absolute Gasteiger partial charge is 0.473 e. The van der Waals surface area contributed by atoms with Gasteiger partial charge in [-0.15, -0.1) is 24.5 Å². The highest BCUT2D eigenvalue weighted by atomic mass is 32.1. The van der Waals surface area contributed by atoms with Gasteiger partial charge < -0.3 is 19.5 Å². The quantitative estimate of drug-likeness (QED) is 0.280. The van der Waals surface area contributed by atoms with Gasteiger partial charge in [0.2, 0.25) is 0 Å². The van der Waals surface area contributed by atoms with Crippen LogP contribution in [0, 0.1) is 0 Å². The molecule has 2 aromatic heterocycles. The SMILES string of the molecule is CC(O)C(NC1CCN(c2ncnc3scc(-c4ccccc4)c23)CC1)Oc1ccc(OC(F)(F)F)cc1. The normalized spacial score (nSPS) is 16.4. The second-order valence-electron chi connectivity index (χ2n) is 9.12. The van der Waals surface area contributed by atoms with Gasteiger partial charge in [0.05, 0.1) is 5.39 Å². The van der Waals surface area contributed by atoms with E-state index in [1.807, 2.05) is 18.2 Å². The Morgan fingerprint density at radius 2 is 1.71 bits per heavy atom. The van der Waals surface area contributed by atoms with E-state index in [1.165, 1.54) is 24.3 Å². The van der Waals surface area contributed by atoms with E-state index in [1.54, 1.807) is 24.6 Å². The molecule has 7 nitrogen and oxygen atoms in total. The van der Waals surface area contributed by atoms with Gasteiger partial charge in [-0.25, -0.2) is 9.97 Å². The van der Waals surface area contributed by atoms with Crippen molar-refractivity contribution in [2.75, 3.05) is 18.0 Å². The van der Waals surface area contributed by atoms with Crippen molar-refractivity contribution < 1.29 is 27.8 Å². The first-order chi connectivity index (χ1) is 18.3. The summed E-state index contributed by atoms with van der Waals surface area (Å²) >= 11 is 1.61. The Morgan fingerprint density at radius 1 is 1.03 bits per heavy atom. The molecule has 1 saturated heterocycles. The summed E-state index contributed by atoms with van der Waals surface area (Å²) in [5.41, 5.74) is 2.25. The van der Waals surface area contributed by atoms with Gasteiger partial charge in [0.15, 0.2) is 6.23 Å². The van der Waals surface area contributed by atoms with Crippen LogP contribution in [0.25, 0.3) is 21.3 Å². The molecule has 0 amide bonds. The highest BCUT2D eigenvalue weighted by molar-refractivity contribution is 7.17. The molecule has 2 atom stereocenters. The minimum absolute atomic E-state index is 0.0760. The van der Waals surface area contributed by atoms with E-state index in [4.69, 9.17) is 4.74 Å². The Hall–Kier alpha value is -3.41. The zero-order chi connectivity index (χ0) is 26.7. The molecule has 2 unspecified atom stereocenters. The zero-order valence-corrected chi connectivity index (χ0v) is 21.4. The fraction of sp³-hybridized carbons (Fsp3) is 0.333. The summed E-state index contributed by atoms with van der Waals surface area (Å²) in [5, 5.41) is 16.8. The molecular weight excluding hydrogens is 517 g/mol. The number of thiophene rings is 1. The number of aliphatic hydroxyl groups excluding tert-OH is 1. The number of ether oxygens (including phenoxy) is 2. The lowest BCUT2D eigenvalue weighted by atomic mass is 10.0. The standard InChI is InChI=1S/C27H27F3N4O3S/c1-17(35)25(36-20-7-9-21(10-8-20)37-27(28,29)30)33-19-11-13-34(14-12-19)24-23-22(18-5-3-2-4-6-18)15-38-26(23)32-16-31-24/h2-10,15-17,19,25,33,35H,11-14H2,1H3. The van der Waals surface area contributed by atoms with Crippen LogP contribution in [0.1, 0.15) is 19.8 Å². The van der Waals surface area contributed by atoms with Gasteiger partial charge in [-0.3, -0.25) is 5.32 Å². The van der Waals surface area contributed by atoms with Crippen molar-refractivity contribution in [1.29, 1.82) is 0 Å². The van der Waals surface area contributed by atoms with Gasteiger partial charge in [0.25, 0.3) is 0 Å². The molecule has 5 rings (SSSR count). The first-order valence-corrected chi connectivity index (χ1v) is 13.1. The van der Waals surface area contributed by atoms with Gasteiger partial charge in [0.1, 0.15) is 34.6 Å². The van der Waals surface area contributed by atoms with Crippen LogP contribution >= 0.6 is 11.3 Å². The summed E-state index contributed by atoms with van der Waals surface area (Å²) in [5.74, 6) is 0.904. The lowest BCUT2D eigenvalue weighted by Gasteiger charge is -2.36. The molecule has 0 aliphatic carbocycles. The molecule has 3 heterocycles. The van der Waals surface area contributed by atoms with Gasteiger partial charge in [-0.05, 0) is 49.6 Å². The number of rotatable bonds is 8. The molecule has 4 aromatic rings. The van der Waals surface area contributed by atoms with E-state index < -0.39 is 18.7 Å². The number of nitrogens with zero attached hydrogens (tertiary/aromatic N) is 3. The highest BCUT2D eigenvalue weighted by Gasteiger charge is 2.31. The van der Waals surface area contributed by atoms with Crippen LogP contribution in [-0.2, 0) is 0 Å². The molecule has 0 spiro atoms. The van der Waals surface area contributed by atoms with Gasteiger partial charge in [0, 0.05) is 30.1 Å². The summed E-state index contributed by atoms with van der Waals surface area (Å²) in [7, 11) is 0. The molecule has 38 heavy (non-hydrogen) atoms. The van der Waals surface area contributed by atoms with Crippen LogP contribution in [0.5, 0.6) is 11.5 Å². The van der Waals surface area contributed by atoms with E-state index >= 15 is 0 Å². The average Bonchev–Trinajstić information content (AvgIpc) is 3.34. The third-order valence-corrected chi connectivity index (χ3v) is 7.27. The van der Waals surface area contributed by atoms with Gasteiger partial charge in [-0.2, -0.15) is 0 Å². The molecular formula is C27H27F3N4O3S. The Labute approximate surface area is 221 Å². The first-order valence-electron chi connectivity index (χ1n) is 12.3. The number of nitrogens with one attached hydrogen (secondary N) is 1. The Bertz CT molecular complexity index is 1340. The molecule has 0 radical (unpaired) electrons. The van der Waals surface area contributed by atoms with E-state index in [0.717, 1.165) is 53.1 Å². The largest absolute Gasteiger partial charge is 0.573 e. The number of hydrogen-bond acceptors (Lipinski definition) is 8. The van der Waals surface area contributed by atoms with Crippen molar-refractivity contribution >= 4 is 27.4 Å². The molecule has 0 saturated carbocycles. The summed E-state index contributed by atoms with van der Waals surface area (Å²) in [4.78, 5) is 12.3. The number of piperidine rings is 1. The summed E-state index contributed by atoms with van der Waals surface area (Å²) in [6.45, 7) is 3.11. The number of aliphatic hydroxyl groups is 1. The molecule has 2 aromatic carbocycles. The van der Waals surface area contributed by atoms with E-state index in [-0.39, 0.29) is 11.8 Å². The predicted molar refractivity (Wildman–Crippen MR) is 140 cm³/mol. The minimum atomic E-state index is -4.76. The zero-order valence-electron chi connectivity index (χ0n) is 20.6. The summed E-state index contributed by atoms with van der Waals surface area (Å²) < 4.78 is 47.0. The second-order valence-corrected chi connectivity index (χ2v) is 9.98. The molecule has 200 valence electrons. The van der Waals surface area contributed by atoms with Gasteiger partial charge >= 0.3 is 6.36 Å². The molecule has 1 fully saturated rings. The number of alkyl halides is 3. The van der Waals surface area contributed by atoms with Crippen molar-refractivity contribution in [3.8, 4) is 22.6 Å². The van der Waals surface area contributed by atoms with Crippen molar-refractivity contribution in [3.63, 3.8) is 0 Å². The van der Waals surface area contributed by atoms with Crippen LogP contribution in [0.3, 0.4) is 0 Å². The van der Waals surface area contributed by atoms with Crippen molar-refractivity contribution in [1.82, 2.24) is 15.3 Å². The van der Waals surface area contributed by atoms with E-state index in [9.17, 15) is 18.3 Å². The molecule has 1 aliphatic rings. The van der Waals surface area contributed by atoms with Crippen molar-refractivity contribution in [2.24, 2.45) is 0 Å². The Morgan fingerprint density at radius 3 is 2.37 bits per heavy atom. The summed E-state index contributed by atoms with van der Waals surface area (Å²) in [6.07, 6.45) is -3.14. The molecule has 1 aliphatic heterocycles. The molecule has 0 bridgehead atoms. The predicted octanol–water partition coefficient (Wildman–Crippen LogP) is 5.60. The fourth-order valence-electron chi connectivity index (χ4n) is 4.56. The van der Waals surface area contributed by atoms with E-state index in [2.05, 4.69) is 42.4 Å². The van der Waals surface area contributed by atoms with E-state index in [0.29, 0.717) is 5.75 Å². The number of hydrogen-bond donors (Lipinski definition) is 2. The minimum Gasteiger partial charge on any atom is -0.473 e. The van der Waals surface area contributed by atoms with Crippen LogP contribution in [-0.4, -0.2) is 52.9 Å². The average molecular weight is 545 g/mol. The van der Waals surface area contributed by atoms with Crippen molar-refractivity contribution in [2.45, 2.75) is 44.5 Å². The maximum Gasteiger partial charge on any atom is 0.573 e.